The standard InChI is InChI=1S/C31H32FN5O5S/c1-2-41-31(40)21-8-11-36(12-9-21)29(39)18-37-17-25(34-35-37)28-16-24-30(43-28)27(7-10-33-24)42-26-6-5-20(15-23(26)32)14-22(38)13-19-3-4-19/h5-7,10,15-17,19,21H,2-4,8-9,11-14,18H2,1H3. The van der Waals surface area contributed by atoms with Gasteiger partial charge in [0.05, 0.1) is 33.8 Å². The van der Waals surface area contributed by atoms with Gasteiger partial charge in [-0.2, -0.15) is 0 Å². The monoisotopic (exact) mass is 605 g/mol. The number of rotatable bonds is 11. The van der Waals surface area contributed by atoms with E-state index < -0.39 is 5.82 Å². The second kappa shape index (κ2) is 12.6. The number of piperidine rings is 1. The number of thiophene rings is 1. The molecule has 12 heteroatoms. The Morgan fingerprint density at radius 2 is 1.88 bits per heavy atom. The molecular weight excluding hydrogens is 573 g/mol. The van der Waals surface area contributed by atoms with Crippen molar-refractivity contribution in [2.24, 2.45) is 11.8 Å². The lowest BCUT2D eigenvalue weighted by Gasteiger charge is -2.30. The zero-order valence-corrected chi connectivity index (χ0v) is 24.6. The minimum absolute atomic E-state index is 0.0377. The van der Waals surface area contributed by atoms with E-state index in [0.29, 0.717) is 67.4 Å². The van der Waals surface area contributed by atoms with E-state index in [4.69, 9.17) is 9.47 Å². The summed E-state index contributed by atoms with van der Waals surface area (Å²) in [5.41, 5.74) is 1.88. The van der Waals surface area contributed by atoms with Gasteiger partial charge in [0.15, 0.2) is 11.6 Å². The Labute approximate surface area is 251 Å². The number of fused-ring (bicyclic) bond motifs is 1. The maximum Gasteiger partial charge on any atom is 0.309 e. The summed E-state index contributed by atoms with van der Waals surface area (Å²) < 4.78 is 28.2. The number of pyridine rings is 1. The number of Topliss-reactive ketones (excluding diaryl/α,β-unsaturated/α-hetero) is 1. The number of likely N-dealkylation sites (tertiary alicyclic amines) is 1. The van der Waals surface area contributed by atoms with Crippen LogP contribution in [-0.4, -0.2) is 62.2 Å². The lowest BCUT2D eigenvalue weighted by Crippen LogP contribution is -2.42. The molecule has 1 aliphatic heterocycles. The molecule has 224 valence electrons. The van der Waals surface area contributed by atoms with Crippen LogP contribution < -0.4 is 4.74 Å². The molecule has 2 fully saturated rings. The number of halogens is 1. The molecule has 4 aromatic rings. The molecule has 1 aliphatic carbocycles. The minimum atomic E-state index is -0.531. The normalized spacial score (nSPS) is 15.5. The van der Waals surface area contributed by atoms with Crippen LogP contribution in [0.4, 0.5) is 4.39 Å². The molecule has 0 unspecified atom stereocenters. The first-order valence-electron chi connectivity index (χ1n) is 14.6. The number of hydrogen-bond donors (Lipinski definition) is 0. The molecule has 43 heavy (non-hydrogen) atoms. The lowest BCUT2D eigenvalue weighted by atomic mass is 9.97. The molecule has 0 radical (unpaired) electrons. The fraction of sp³-hybridized carbons (Fsp3) is 0.419. The summed E-state index contributed by atoms with van der Waals surface area (Å²) in [6.07, 6.45) is 7.47. The van der Waals surface area contributed by atoms with Crippen LogP contribution in [0.5, 0.6) is 11.5 Å². The summed E-state index contributed by atoms with van der Waals surface area (Å²) in [5.74, 6) is 0.170. The fourth-order valence-electron chi connectivity index (χ4n) is 5.27. The Hall–Kier alpha value is -4.19. The highest BCUT2D eigenvalue weighted by atomic mass is 32.1. The number of ketones is 1. The average molecular weight is 606 g/mol. The van der Waals surface area contributed by atoms with Gasteiger partial charge in [-0.25, -0.2) is 9.07 Å². The van der Waals surface area contributed by atoms with Crippen molar-refractivity contribution in [3.8, 4) is 22.1 Å². The lowest BCUT2D eigenvalue weighted by molar-refractivity contribution is -0.151. The van der Waals surface area contributed by atoms with E-state index in [1.807, 2.05) is 6.07 Å². The number of ether oxygens (including phenoxy) is 2. The van der Waals surface area contributed by atoms with E-state index in [0.717, 1.165) is 22.4 Å². The third-order valence-electron chi connectivity index (χ3n) is 7.76. The van der Waals surface area contributed by atoms with Crippen LogP contribution in [0.15, 0.2) is 42.7 Å². The Morgan fingerprint density at radius 1 is 1.07 bits per heavy atom. The Bertz CT molecular complexity index is 1660. The molecule has 0 spiro atoms. The number of carbonyl (C=O) groups is 3. The van der Waals surface area contributed by atoms with Crippen molar-refractivity contribution < 1.29 is 28.2 Å². The van der Waals surface area contributed by atoms with Gasteiger partial charge in [-0.05, 0) is 62.3 Å². The summed E-state index contributed by atoms with van der Waals surface area (Å²) in [6, 6.07) is 8.17. The van der Waals surface area contributed by atoms with Crippen molar-refractivity contribution in [2.75, 3.05) is 19.7 Å². The van der Waals surface area contributed by atoms with Crippen molar-refractivity contribution in [2.45, 2.75) is 52.0 Å². The predicted molar refractivity (Wildman–Crippen MR) is 157 cm³/mol. The first kappa shape index (κ1) is 28.9. The number of aromatic nitrogens is 4. The van der Waals surface area contributed by atoms with Gasteiger partial charge < -0.3 is 14.4 Å². The molecule has 6 rings (SSSR count). The highest BCUT2D eigenvalue weighted by Gasteiger charge is 2.28. The smallest absolute Gasteiger partial charge is 0.309 e. The number of carbonyl (C=O) groups excluding carboxylic acids is 3. The highest BCUT2D eigenvalue weighted by Crippen LogP contribution is 2.39. The van der Waals surface area contributed by atoms with Crippen molar-refractivity contribution in [3.05, 3.63) is 54.1 Å². The maximum absolute atomic E-state index is 14.9. The zero-order chi connectivity index (χ0) is 29.9. The average Bonchev–Trinajstić information content (AvgIpc) is 3.49. The van der Waals surface area contributed by atoms with Gasteiger partial charge in [0, 0.05) is 38.2 Å². The van der Waals surface area contributed by atoms with Gasteiger partial charge in [0.2, 0.25) is 5.91 Å². The van der Waals surface area contributed by atoms with E-state index in [9.17, 15) is 18.8 Å². The number of esters is 1. The van der Waals surface area contributed by atoms with Crippen LogP contribution in [0, 0.1) is 17.7 Å². The summed E-state index contributed by atoms with van der Waals surface area (Å²) in [6.45, 7) is 3.17. The van der Waals surface area contributed by atoms with E-state index in [2.05, 4.69) is 15.3 Å². The summed E-state index contributed by atoms with van der Waals surface area (Å²) in [4.78, 5) is 44.0. The highest BCUT2D eigenvalue weighted by molar-refractivity contribution is 7.22. The van der Waals surface area contributed by atoms with E-state index in [1.165, 1.54) is 22.1 Å². The minimum Gasteiger partial charge on any atom is -0.466 e. The molecule has 1 saturated carbocycles. The maximum atomic E-state index is 14.9. The summed E-state index contributed by atoms with van der Waals surface area (Å²) in [5, 5.41) is 8.39. The van der Waals surface area contributed by atoms with Crippen molar-refractivity contribution in [1.82, 2.24) is 24.9 Å². The molecule has 0 bridgehead atoms. The zero-order valence-electron chi connectivity index (χ0n) is 23.8. The molecule has 1 saturated heterocycles. The second-order valence-corrected chi connectivity index (χ2v) is 12.1. The molecule has 4 heterocycles. The van der Waals surface area contributed by atoms with Crippen LogP contribution in [-0.2, 0) is 32.1 Å². The van der Waals surface area contributed by atoms with Gasteiger partial charge in [0.25, 0.3) is 0 Å². The van der Waals surface area contributed by atoms with E-state index in [-0.39, 0.29) is 42.3 Å². The van der Waals surface area contributed by atoms with Crippen LogP contribution in [0.3, 0.4) is 0 Å². The molecule has 10 nitrogen and oxygen atoms in total. The van der Waals surface area contributed by atoms with Gasteiger partial charge in [-0.15, -0.1) is 16.4 Å². The fourth-order valence-corrected chi connectivity index (χ4v) is 6.29. The first-order chi connectivity index (χ1) is 20.9. The van der Waals surface area contributed by atoms with Gasteiger partial charge in [-0.3, -0.25) is 19.4 Å². The number of hydrogen-bond acceptors (Lipinski definition) is 9. The Balaban J connectivity index is 1.10. The number of benzene rings is 1. The number of amides is 1. The first-order valence-corrected chi connectivity index (χ1v) is 15.4. The molecule has 1 aromatic carbocycles. The van der Waals surface area contributed by atoms with Crippen LogP contribution in [0.2, 0.25) is 0 Å². The van der Waals surface area contributed by atoms with Gasteiger partial charge in [-0.1, -0.05) is 11.3 Å². The molecular formula is C31H32FN5O5S. The molecule has 1 amide bonds. The second-order valence-electron chi connectivity index (χ2n) is 11.1. The Morgan fingerprint density at radius 3 is 2.63 bits per heavy atom. The SMILES string of the molecule is CCOC(=O)C1CCN(C(=O)Cn2cc(-c3cc4nccc(Oc5ccc(CC(=O)CC6CC6)cc5F)c4s3)nn2)CC1. The predicted octanol–water partition coefficient (Wildman–Crippen LogP) is 5.20. The van der Waals surface area contributed by atoms with Gasteiger partial charge in [0.1, 0.15) is 23.8 Å². The molecule has 2 aliphatic rings. The summed E-state index contributed by atoms with van der Waals surface area (Å²) in [7, 11) is 0. The van der Waals surface area contributed by atoms with Crippen LogP contribution >= 0.6 is 11.3 Å². The van der Waals surface area contributed by atoms with Crippen molar-refractivity contribution >= 4 is 39.2 Å². The van der Waals surface area contributed by atoms with Crippen molar-refractivity contribution in [3.63, 3.8) is 0 Å². The largest absolute Gasteiger partial charge is 0.466 e. The number of nitrogens with zero attached hydrogens (tertiary/aromatic N) is 5. The van der Waals surface area contributed by atoms with Crippen LogP contribution in [0.1, 0.15) is 44.6 Å². The third kappa shape index (κ3) is 6.90. The molecule has 0 atom stereocenters. The molecule has 3 aromatic heterocycles. The van der Waals surface area contributed by atoms with E-state index >= 15 is 0 Å². The van der Waals surface area contributed by atoms with Gasteiger partial charge >= 0.3 is 5.97 Å². The van der Waals surface area contributed by atoms with Crippen molar-refractivity contribution in [1.29, 1.82) is 0 Å². The summed E-state index contributed by atoms with van der Waals surface area (Å²) >= 11 is 1.38. The van der Waals surface area contributed by atoms with Crippen LogP contribution in [0.25, 0.3) is 20.8 Å². The quantitative estimate of drug-likeness (QED) is 0.214. The topological polar surface area (TPSA) is 117 Å². The third-order valence-corrected chi connectivity index (χ3v) is 8.92. The molecule has 0 N–H and O–H groups in total. The van der Waals surface area contributed by atoms with E-state index in [1.54, 1.807) is 42.4 Å². The Kier molecular flexibility index (Phi) is 8.46.